The summed E-state index contributed by atoms with van der Waals surface area (Å²) in [6.45, 7) is 8.25. The first-order valence-corrected chi connectivity index (χ1v) is 8.67. The number of thiophene rings is 1. The van der Waals surface area contributed by atoms with Crippen LogP contribution in [-0.2, 0) is 10.0 Å². The molecule has 128 valence electrons. The fourth-order valence-corrected chi connectivity index (χ4v) is 4.66. The lowest BCUT2D eigenvalue weighted by Crippen LogP contribution is -2.38. The van der Waals surface area contributed by atoms with Gasteiger partial charge in [0, 0.05) is 0 Å². The summed E-state index contributed by atoms with van der Waals surface area (Å²) in [6, 6.07) is 2.11. The maximum atomic E-state index is 13.3. The van der Waals surface area contributed by atoms with Gasteiger partial charge in [-0.2, -0.15) is 17.9 Å². The number of aryl methyl sites for hydroxylation is 1. The van der Waals surface area contributed by atoms with Gasteiger partial charge in [-0.15, -0.1) is 11.3 Å². The molecule has 10 heteroatoms. The van der Waals surface area contributed by atoms with Crippen molar-refractivity contribution in [3.05, 3.63) is 58.7 Å². The Balaban J connectivity index is 2.44. The van der Waals surface area contributed by atoms with Crippen molar-refractivity contribution in [2.24, 2.45) is 0 Å². The lowest BCUT2D eigenvalue weighted by Gasteiger charge is -2.22. The molecule has 2 rings (SSSR count). The Kier molecular flexibility index (Phi) is 4.98. The van der Waals surface area contributed by atoms with E-state index in [4.69, 9.17) is 6.57 Å². The molecule has 0 radical (unpaired) electrons. The van der Waals surface area contributed by atoms with Crippen molar-refractivity contribution in [2.75, 3.05) is 0 Å². The minimum atomic E-state index is -4.92. The fourth-order valence-electron chi connectivity index (χ4n) is 1.96. The average Bonchev–Trinajstić information content (AvgIpc) is 2.87. The molecule has 0 aliphatic carbocycles. The van der Waals surface area contributed by atoms with Gasteiger partial charge in [0.2, 0.25) is 15.0 Å². The van der Waals surface area contributed by atoms with Crippen LogP contribution in [0.5, 0.6) is 0 Å². The summed E-state index contributed by atoms with van der Waals surface area (Å²) in [5.41, 5.74) is -0.259. The number of benzene rings is 1. The zero-order chi connectivity index (χ0) is 18.1. The zero-order valence-electron chi connectivity index (χ0n) is 12.1. The standard InChI is InChI=1S/C14H10F4N2O2S2/c1-8-7-11(19-2)23-13(8)24(21,22)20-12(14(16,17)18)9-3-5-10(15)6-4-9/h3-7,12,20H,1H3. The number of alkyl halides is 3. The molecule has 0 fully saturated rings. The van der Waals surface area contributed by atoms with E-state index in [0.29, 0.717) is 11.3 Å². The van der Waals surface area contributed by atoms with Crippen LogP contribution in [0.1, 0.15) is 17.2 Å². The SMILES string of the molecule is [C-]#[N+]c1cc(C)c(S(=O)(=O)NC(c2ccc(F)cc2)C(F)(F)F)s1. The zero-order valence-corrected chi connectivity index (χ0v) is 13.7. The highest BCUT2D eigenvalue weighted by molar-refractivity contribution is 7.91. The molecular weight excluding hydrogens is 368 g/mol. The van der Waals surface area contributed by atoms with Gasteiger partial charge in [0.15, 0.2) is 0 Å². The van der Waals surface area contributed by atoms with E-state index >= 15 is 0 Å². The smallest absolute Gasteiger partial charge is 0.227 e. The number of nitrogens with zero attached hydrogens (tertiary/aromatic N) is 1. The van der Waals surface area contributed by atoms with Crippen LogP contribution in [0.3, 0.4) is 0 Å². The Hall–Kier alpha value is -1.96. The molecule has 2 aromatic rings. The van der Waals surface area contributed by atoms with Gasteiger partial charge < -0.3 is 0 Å². The number of hydrogen-bond donors (Lipinski definition) is 1. The monoisotopic (exact) mass is 378 g/mol. The van der Waals surface area contributed by atoms with Crippen molar-refractivity contribution in [3.8, 4) is 0 Å². The van der Waals surface area contributed by atoms with Crippen molar-refractivity contribution in [1.82, 2.24) is 4.72 Å². The van der Waals surface area contributed by atoms with Crippen molar-refractivity contribution in [2.45, 2.75) is 23.4 Å². The molecule has 0 aliphatic heterocycles. The maximum Gasteiger partial charge on any atom is 0.408 e. The number of halogens is 4. The molecule has 0 saturated heterocycles. The van der Waals surface area contributed by atoms with Crippen molar-refractivity contribution >= 4 is 26.4 Å². The van der Waals surface area contributed by atoms with Gasteiger partial charge in [-0.1, -0.05) is 12.1 Å². The molecule has 0 aliphatic rings. The van der Waals surface area contributed by atoms with Crippen LogP contribution in [-0.4, -0.2) is 14.6 Å². The summed E-state index contributed by atoms with van der Waals surface area (Å²) in [6.07, 6.45) is -4.92. The highest BCUT2D eigenvalue weighted by atomic mass is 32.2. The maximum absolute atomic E-state index is 13.3. The molecule has 1 heterocycles. The first-order valence-electron chi connectivity index (χ1n) is 6.37. The molecule has 1 N–H and O–H groups in total. The summed E-state index contributed by atoms with van der Waals surface area (Å²) in [4.78, 5) is 3.07. The average molecular weight is 378 g/mol. The lowest BCUT2D eigenvalue weighted by atomic mass is 10.1. The molecule has 0 spiro atoms. The lowest BCUT2D eigenvalue weighted by molar-refractivity contribution is -0.153. The van der Waals surface area contributed by atoms with E-state index in [1.807, 2.05) is 0 Å². The van der Waals surface area contributed by atoms with Crippen LogP contribution < -0.4 is 4.72 Å². The second-order valence-corrected chi connectivity index (χ2v) is 7.75. The molecule has 1 aromatic carbocycles. The number of hydrogen-bond acceptors (Lipinski definition) is 3. The minimum absolute atomic E-state index is 0.0539. The fraction of sp³-hybridized carbons (Fsp3) is 0.214. The van der Waals surface area contributed by atoms with E-state index in [1.54, 1.807) is 4.72 Å². The van der Waals surface area contributed by atoms with E-state index in [0.717, 1.165) is 24.3 Å². The second-order valence-electron chi connectivity index (χ2n) is 4.81. The number of nitrogens with one attached hydrogen (secondary N) is 1. The van der Waals surface area contributed by atoms with E-state index in [-0.39, 0.29) is 14.8 Å². The molecular formula is C14H10F4N2O2S2. The highest BCUT2D eigenvalue weighted by Crippen LogP contribution is 2.37. The molecule has 0 bridgehead atoms. The second kappa shape index (κ2) is 6.51. The topological polar surface area (TPSA) is 50.5 Å². The molecule has 0 amide bonds. The van der Waals surface area contributed by atoms with Crippen LogP contribution in [0.25, 0.3) is 4.85 Å². The van der Waals surface area contributed by atoms with E-state index in [1.165, 1.54) is 13.0 Å². The summed E-state index contributed by atoms with van der Waals surface area (Å²) >= 11 is 0.585. The third-order valence-electron chi connectivity index (χ3n) is 3.02. The summed E-state index contributed by atoms with van der Waals surface area (Å²) < 4.78 is 78.5. The molecule has 1 aromatic heterocycles. The Morgan fingerprint density at radius 3 is 2.29 bits per heavy atom. The minimum Gasteiger partial charge on any atom is -0.227 e. The predicted molar refractivity (Wildman–Crippen MR) is 80.8 cm³/mol. The number of rotatable bonds is 4. The molecule has 1 atom stereocenters. The van der Waals surface area contributed by atoms with Gasteiger partial charge in [-0.3, -0.25) is 0 Å². The van der Waals surface area contributed by atoms with E-state index < -0.39 is 33.6 Å². The Morgan fingerprint density at radius 1 is 1.25 bits per heavy atom. The van der Waals surface area contributed by atoms with Gasteiger partial charge >= 0.3 is 6.18 Å². The summed E-state index contributed by atoms with van der Waals surface area (Å²) in [5.74, 6) is -0.738. The molecule has 4 nitrogen and oxygen atoms in total. The van der Waals surface area contributed by atoms with Crippen LogP contribution in [0.15, 0.2) is 34.5 Å². The van der Waals surface area contributed by atoms with Crippen molar-refractivity contribution in [3.63, 3.8) is 0 Å². The Labute approximate surface area is 139 Å². The van der Waals surface area contributed by atoms with Gasteiger partial charge in [0.25, 0.3) is 0 Å². The van der Waals surface area contributed by atoms with Crippen LogP contribution in [0.2, 0.25) is 0 Å². The van der Waals surface area contributed by atoms with Gasteiger partial charge in [-0.25, -0.2) is 17.7 Å². The highest BCUT2D eigenvalue weighted by Gasteiger charge is 2.44. The van der Waals surface area contributed by atoms with E-state index in [2.05, 4.69) is 4.85 Å². The third-order valence-corrected chi connectivity index (χ3v) is 6.21. The molecule has 24 heavy (non-hydrogen) atoms. The Bertz CT molecular complexity index is 881. The predicted octanol–water partition coefficient (Wildman–Crippen LogP) is 4.33. The van der Waals surface area contributed by atoms with Gasteiger partial charge in [0.05, 0.1) is 6.57 Å². The van der Waals surface area contributed by atoms with Crippen LogP contribution in [0, 0.1) is 19.3 Å². The summed E-state index contributed by atoms with van der Waals surface area (Å²) in [5, 5.41) is 0.0539. The largest absolute Gasteiger partial charge is 0.408 e. The van der Waals surface area contributed by atoms with Crippen molar-refractivity contribution < 1.29 is 26.0 Å². The van der Waals surface area contributed by atoms with Crippen LogP contribution >= 0.6 is 11.3 Å². The molecule has 1 unspecified atom stereocenters. The number of sulfonamides is 1. The summed E-state index contributed by atoms with van der Waals surface area (Å²) in [7, 11) is -4.51. The normalized spacial score (nSPS) is 13.5. The van der Waals surface area contributed by atoms with Crippen molar-refractivity contribution in [1.29, 1.82) is 0 Å². The first kappa shape index (κ1) is 18.4. The quantitative estimate of drug-likeness (QED) is 0.636. The Morgan fingerprint density at radius 2 is 1.83 bits per heavy atom. The molecule has 0 saturated carbocycles. The van der Waals surface area contributed by atoms with Gasteiger partial charge in [0.1, 0.15) is 16.1 Å². The van der Waals surface area contributed by atoms with E-state index in [9.17, 15) is 26.0 Å². The first-order chi connectivity index (χ1) is 11.0. The van der Waals surface area contributed by atoms with Gasteiger partial charge in [-0.05, 0) is 36.2 Å². The third kappa shape index (κ3) is 3.92. The van der Waals surface area contributed by atoms with Crippen LogP contribution in [0.4, 0.5) is 22.6 Å².